The summed E-state index contributed by atoms with van der Waals surface area (Å²) < 4.78 is 18.6. The van der Waals surface area contributed by atoms with Gasteiger partial charge >= 0.3 is 0 Å². The van der Waals surface area contributed by atoms with Crippen LogP contribution in [0.2, 0.25) is 5.02 Å². The number of nitrogens with zero attached hydrogens (tertiary/aromatic N) is 2. The molecule has 1 N–H and O–H groups in total. The van der Waals surface area contributed by atoms with Gasteiger partial charge in [-0.15, -0.1) is 0 Å². The van der Waals surface area contributed by atoms with Crippen molar-refractivity contribution < 1.29 is 13.9 Å². The molecule has 1 aliphatic rings. The molecule has 28 heavy (non-hydrogen) atoms. The summed E-state index contributed by atoms with van der Waals surface area (Å²) in [7, 11) is 1.69. The van der Waals surface area contributed by atoms with Gasteiger partial charge in [-0.05, 0) is 31.2 Å². The maximum Gasteiger partial charge on any atom is 0.238 e. The Balaban J connectivity index is 1.49. The van der Waals surface area contributed by atoms with Crippen molar-refractivity contribution in [1.82, 2.24) is 9.80 Å². The molecule has 0 unspecified atom stereocenters. The number of halogens is 2. The first kappa shape index (κ1) is 20.6. The molecular weight excluding hydrogens is 381 g/mol. The van der Waals surface area contributed by atoms with Crippen molar-refractivity contribution in [2.24, 2.45) is 0 Å². The number of rotatable bonds is 6. The smallest absolute Gasteiger partial charge is 0.238 e. The Bertz CT molecular complexity index is 838. The summed E-state index contributed by atoms with van der Waals surface area (Å²) >= 11 is 5.96. The van der Waals surface area contributed by atoms with Gasteiger partial charge in [0, 0.05) is 38.3 Å². The number of hydrogen-bond acceptors (Lipinski definition) is 4. The molecule has 5 nitrogen and oxygen atoms in total. The topological polar surface area (TPSA) is 44.8 Å². The van der Waals surface area contributed by atoms with Crippen LogP contribution >= 0.6 is 11.6 Å². The van der Waals surface area contributed by atoms with E-state index in [0.717, 1.165) is 38.5 Å². The maximum absolute atomic E-state index is 13.1. The number of anilines is 1. The van der Waals surface area contributed by atoms with Crippen LogP contribution in [0.15, 0.2) is 36.4 Å². The van der Waals surface area contributed by atoms with E-state index in [9.17, 15) is 9.18 Å². The van der Waals surface area contributed by atoms with E-state index in [2.05, 4.69) is 28.1 Å². The van der Waals surface area contributed by atoms with Gasteiger partial charge in [0.25, 0.3) is 0 Å². The van der Waals surface area contributed by atoms with Gasteiger partial charge in [0.05, 0.1) is 24.4 Å². The lowest BCUT2D eigenvalue weighted by Crippen LogP contribution is -2.48. The number of carbonyl (C=O) groups is 1. The maximum atomic E-state index is 13.1. The molecule has 0 aromatic heterocycles. The molecule has 0 radical (unpaired) electrons. The first-order valence-corrected chi connectivity index (χ1v) is 9.65. The Kier molecular flexibility index (Phi) is 6.88. The summed E-state index contributed by atoms with van der Waals surface area (Å²) in [6.07, 6.45) is 0. The van der Waals surface area contributed by atoms with E-state index in [1.54, 1.807) is 7.11 Å². The zero-order valence-electron chi connectivity index (χ0n) is 16.2. The molecule has 2 aromatic carbocycles. The number of benzene rings is 2. The van der Waals surface area contributed by atoms with E-state index >= 15 is 0 Å². The Labute approximate surface area is 170 Å². The first-order chi connectivity index (χ1) is 13.4. The molecule has 0 bridgehead atoms. The molecule has 1 heterocycles. The predicted molar refractivity (Wildman–Crippen MR) is 109 cm³/mol. The van der Waals surface area contributed by atoms with Crippen molar-refractivity contribution in [2.75, 3.05) is 45.2 Å². The summed E-state index contributed by atoms with van der Waals surface area (Å²) in [5.74, 6) is 0.329. The summed E-state index contributed by atoms with van der Waals surface area (Å²) in [6.45, 7) is 6.55. The highest BCUT2D eigenvalue weighted by Gasteiger charge is 2.20. The molecule has 7 heteroatoms. The van der Waals surface area contributed by atoms with Crippen LogP contribution in [0.25, 0.3) is 0 Å². The third kappa shape index (κ3) is 5.44. The minimum Gasteiger partial charge on any atom is -0.496 e. The number of methoxy groups -OCH3 is 1. The Morgan fingerprint density at radius 3 is 2.54 bits per heavy atom. The SMILES string of the molecule is COc1ccc(C)cc1CN1CCN(CC(=O)Nc2ccc(F)cc2Cl)CC1. The Morgan fingerprint density at radius 1 is 1.14 bits per heavy atom. The minimum absolute atomic E-state index is 0.151. The number of nitrogens with one attached hydrogen (secondary N) is 1. The fraction of sp³-hybridized carbons (Fsp3) is 0.381. The van der Waals surface area contributed by atoms with E-state index in [4.69, 9.17) is 16.3 Å². The number of piperazine rings is 1. The van der Waals surface area contributed by atoms with Crippen molar-refractivity contribution in [3.8, 4) is 5.75 Å². The molecule has 0 saturated carbocycles. The molecule has 1 aliphatic heterocycles. The lowest BCUT2D eigenvalue weighted by atomic mass is 10.1. The van der Waals surface area contributed by atoms with Crippen molar-refractivity contribution in [2.45, 2.75) is 13.5 Å². The second-order valence-corrected chi connectivity index (χ2v) is 7.45. The molecule has 0 aliphatic carbocycles. The van der Waals surface area contributed by atoms with Gasteiger partial charge in [-0.1, -0.05) is 29.3 Å². The van der Waals surface area contributed by atoms with Crippen LogP contribution < -0.4 is 10.1 Å². The molecule has 0 atom stereocenters. The highest BCUT2D eigenvalue weighted by molar-refractivity contribution is 6.33. The zero-order valence-corrected chi connectivity index (χ0v) is 16.9. The van der Waals surface area contributed by atoms with E-state index in [0.29, 0.717) is 5.69 Å². The summed E-state index contributed by atoms with van der Waals surface area (Å²) in [6, 6.07) is 10.2. The van der Waals surface area contributed by atoms with Crippen LogP contribution in [-0.4, -0.2) is 55.5 Å². The summed E-state index contributed by atoms with van der Waals surface area (Å²) in [5.41, 5.74) is 2.82. The third-order valence-electron chi connectivity index (χ3n) is 4.87. The minimum atomic E-state index is -0.427. The molecule has 2 aromatic rings. The van der Waals surface area contributed by atoms with Crippen LogP contribution in [0.1, 0.15) is 11.1 Å². The number of amides is 1. The number of carbonyl (C=O) groups excluding carboxylic acids is 1. The van der Waals surface area contributed by atoms with Crippen LogP contribution in [0, 0.1) is 12.7 Å². The first-order valence-electron chi connectivity index (χ1n) is 9.28. The number of ether oxygens (including phenoxy) is 1. The number of aryl methyl sites for hydroxylation is 1. The lowest BCUT2D eigenvalue weighted by Gasteiger charge is -2.34. The van der Waals surface area contributed by atoms with Crippen LogP contribution in [0.3, 0.4) is 0 Å². The fourth-order valence-corrected chi connectivity index (χ4v) is 3.58. The van der Waals surface area contributed by atoms with Gasteiger partial charge in [0.2, 0.25) is 5.91 Å². The van der Waals surface area contributed by atoms with Crippen LogP contribution in [0.4, 0.5) is 10.1 Å². The average Bonchev–Trinajstić information content (AvgIpc) is 2.66. The van der Waals surface area contributed by atoms with Gasteiger partial charge in [0.1, 0.15) is 11.6 Å². The van der Waals surface area contributed by atoms with E-state index < -0.39 is 5.82 Å². The molecular formula is C21H25ClFN3O2. The largest absolute Gasteiger partial charge is 0.496 e. The van der Waals surface area contributed by atoms with Gasteiger partial charge in [-0.3, -0.25) is 14.6 Å². The van der Waals surface area contributed by atoms with Gasteiger partial charge in [-0.2, -0.15) is 0 Å². The number of hydrogen-bond donors (Lipinski definition) is 1. The summed E-state index contributed by atoms with van der Waals surface area (Å²) in [4.78, 5) is 16.7. The zero-order chi connectivity index (χ0) is 20.1. The monoisotopic (exact) mass is 405 g/mol. The molecule has 0 spiro atoms. The van der Waals surface area contributed by atoms with E-state index in [-0.39, 0.29) is 17.5 Å². The fourth-order valence-electron chi connectivity index (χ4n) is 3.36. The second-order valence-electron chi connectivity index (χ2n) is 7.04. The van der Waals surface area contributed by atoms with Crippen molar-refractivity contribution in [3.63, 3.8) is 0 Å². The average molecular weight is 406 g/mol. The van der Waals surface area contributed by atoms with Crippen molar-refractivity contribution >= 4 is 23.2 Å². The quantitative estimate of drug-likeness (QED) is 0.798. The molecule has 1 amide bonds. The highest BCUT2D eigenvalue weighted by Crippen LogP contribution is 2.23. The standard InChI is InChI=1S/C21H25ClFN3O2/c1-15-3-6-20(28-2)16(11-15)13-25-7-9-26(10-8-25)14-21(27)24-19-5-4-17(23)12-18(19)22/h3-6,11-12H,7-10,13-14H2,1-2H3,(H,24,27). The summed E-state index contributed by atoms with van der Waals surface area (Å²) in [5, 5.41) is 2.95. The van der Waals surface area contributed by atoms with E-state index in [1.807, 2.05) is 12.1 Å². The van der Waals surface area contributed by atoms with E-state index in [1.165, 1.54) is 29.3 Å². The third-order valence-corrected chi connectivity index (χ3v) is 5.18. The molecule has 1 fully saturated rings. The lowest BCUT2D eigenvalue weighted by molar-refractivity contribution is -0.117. The predicted octanol–water partition coefficient (Wildman–Crippen LogP) is 3.55. The van der Waals surface area contributed by atoms with Gasteiger partial charge in [-0.25, -0.2) is 4.39 Å². The van der Waals surface area contributed by atoms with Crippen molar-refractivity contribution in [1.29, 1.82) is 0 Å². The molecule has 150 valence electrons. The van der Waals surface area contributed by atoms with Crippen molar-refractivity contribution in [3.05, 3.63) is 58.4 Å². The molecule has 1 saturated heterocycles. The van der Waals surface area contributed by atoms with Crippen LogP contribution in [-0.2, 0) is 11.3 Å². The normalized spacial score (nSPS) is 15.4. The Hall–Kier alpha value is -2.15. The van der Waals surface area contributed by atoms with Crippen LogP contribution in [0.5, 0.6) is 5.75 Å². The van der Waals surface area contributed by atoms with Gasteiger partial charge < -0.3 is 10.1 Å². The highest BCUT2D eigenvalue weighted by atomic mass is 35.5. The van der Waals surface area contributed by atoms with Gasteiger partial charge in [0.15, 0.2) is 0 Å². The second kappa shape index (κ2) is 9.37. The molecule has 3 rings (SSSR count). The Morgan fingerprint density at radius 2 is 1.86 bits per heavy atom.